The molecule has 0 amide bonds. The van der Waals surface area contributed by atoms with Crippen LogP contribution in [0.4, 0.5) is 0 Å². The van der Waals surface area contributed by atoms with Gasteiger partial charge in [0, 0.05) is 0 Å². The molecule has 15 heavy (non-hydrogen) atoms. The van der Waals surface area contributed by atoms with E-state index in [0.717, 1.165) is 31.0 Å². The van der Waals surface area contributed by atoms with Crippen LogP contribution in [0.2, 0.25) is 0 Å². The standard InChI is InChI=1S/C13H20O2/c1-4-14-13(9-8-11(2)3)12-7-5-6-10-15-12/h7-9H,4-6,10H2,1-3H3/b13-9+. The summed E-state index contributed by atoms with van der Waals surface area (Å²) in [6.45, 7) is 7.58. The normalized spacial score (nSPS) is 16.5. The number of allylic oxidation sites excluding steroid dienone is 4. The molecule has 1 aliphatic rings. The first-order valence-electron chi connectivity index (χ1n) is 5.55. The van der Waals surface area contributed by atoms with E-state index in [4.69, 9.17) is 9.47 Å². The smallest absolute Gasteiger partial charge is 0.160 e. The van der Waals surface area contributed by atoms with Gasteiger partial charge in [-0.25, -0.2) is 0 Å². The molecular weight excluding hydrogens is 188 g/mol. The molecule has 0 saturated heterocycles. The minimum atomic E-state index is 0.670. The lowest BCUT2D eigenvalue weighted by Gasteiger charge is -2.17. The minimum absolute atomic E-state index is 0.670. The van der Waals surface area contributed by atoms with Crippen LogP contribution < -0.4 is 0 Å². The first-order valence-corrected chi connectivity index (χ1v) is 5.55. The van der Waals surface area contributed by atoms with Gasteiger partial charge in [-0.2, -0.15) is 0 Å². The van der Waals surface area contributed by atoms with Gasteiger partial charge in [0.1, 0.15) is 0 Å². The monoisotopic (exact) mass is 208 g/mol. The highest BCUT2D eigenvalue weighted by Crippen LogP contribution is 2.19. The molecule has 1 aliphatic heterocycles. The van der Waals surface area contributed by atoms with Crippen LogP contribution >= 0.6 is 0 Å². The zero-order chi connectivity index (χ0) is 11.1. The molecule has 84 valence electrons. The van der Waals surface area contributed by atoms with Crippen molar-refractivity contribution in [3.8, 4) is 0 Å². The Morgan fingerprint density at radius 2 is 2.27 bits per heavy atom. The third-order valence-electron chi connectivity index (χ3n) is 2.05. The first kappa shape index (κ1) is 11.9. The number of hydrogen-bond acceptors (Lipinski definition) is 2. The summed E-state index contributed by atoms with van der Waals surface area (Å²) in [5.74, 6) is 1.74. The van der Waals surface area contributed by atoms with E-state index in [0.29, 0.717) is 6.61 Å². The molecule has 0 fully saturated rings. The van der Waals surface area contributed by atoms with Gasteiger partial charge in [0.05, 0.1) is 13.2 Å². The minimum Gasteiger partial charge on any atom is -0.490 e. The first-order chi connectivity index (χ1) is 7.24. The average molecular weight is 208 g/mol. The molecule has 1 rings (SSSR count). The van der Waals surface area contributed by atoms with E-state index < -0.39 is 0 Å². The third-order valence-corrected chi connectivity index (χ3v) is 2.05. The fourth-order valence-corrected chi connectivity index (χ4v) is 1.33. The zero-order valence-electron chi connectivity index (χ0n) is 9.88. The summed E-state index contributed by atoms with van der Waals surface area (Å²) in [6, 6.07) is 0. The van der Waals surface area contributed by atoms with E-state index in [-0.39, 0.29) is 0 Å². The van der Waals surface area contributed by atoms with E-state index in [1.165, 1.54) is 5.57 Å². The lowest BCUT2D eigenvalue weighted by molar-refractivity contribution is 0.146. The van der Waals surface area contributed by atoms with Crippen molar-refractivity contribution in [3.63, 3.8) is 0 Å². The van der Waals surface area contributed by atoms with E-state index in [2.05, 4.69) is 19.9 Å². The molecule has 1 heterocycles. The molecule has 0 saturated carbocycles. The van der Waals surface area contributed by atoms with Crippen LogP contribution in [-0.4, -0.2) is 13.2 Å². The summed E-state index contributed by atoms with van der Waals surface area (Å²) < 4.78 is 11.1. The molecular formula is C13H20O2. The number of rotatable bonds is 4. The lowest BCUT2D eigenvalue weighted by Crippen LogP contribution is -2.06. The van der Waals surface area contributed by atoms with Crippen LogP contribution in [0.15, 0.2) is 35.3 Å². The summed E-state index contributed by atoms with van der Waals surface area (Å²) in [6.07, 6.45) is 8.31. The van der Waals surface area contributed by atoms with Gasteiger partial charge < -0.3 is 9.47 Å². The maximum absolute atomic E-state index is 5.56. The Morgan fingerprint density at radius 1 is 1.47 bits per heavy atom. The molecule has 0 N–H and O–H groups in total. The van der Waals surface area contributed by atoms with Crippen LogP contribution in [-0.2, 0) is 9.47 Å². The lowest BCUT2D eigenvalue weighted by atomic mass is 10.2. The van der Waals surface area contributed by atoms with Crippen molar-refractivity contribution in [3.05, 3.63) is 35.3 Å². The Hall–Kier alpha value is -1.18. The SMILES string of the molecule is CCO/C(=C/C=C(C)C)C1=CCCCO1. The van der Waals surface area contributed by atoms with Gasteiger partial charge in [-0.15, -0.1) is 0 Å². The molecule has 0 aromatic heterocycles. The van der Waals surface area contributed by atoms with E-state index in [9.17, 15) is 0 Å². The van der Waals surface area contributed by atoms with Gasteiger partial charge in [-0.05, 0) is 45.8 Å². The quantitative estimate of drug-likeness (QED) is 0.519. The van der Waals surface area contributed by atoms with Crippen molar-refractivity contribution in [1.29, 1.82) is 0 Å². The highest BCUT2D eigenvalue weighted by atomic mass is 16.5. The maximum atomic E-state index is 5.56. The van der Waals surface area contributed by atoms with Crippen LogP contribution in [0.5, 0.6) is 0 Å². The predicted molar refractivity (Wildman–Crippen MR) is 62.4 cm³/mol. The van der Waals surface area contributed by atoms with E-state index in [1.54, 1.807) is 0 Å². The van der Waals surface area contributed by atoms with Gasteiger partial charge in [0.2, 0.25) is 0 Å². The van der Waals surface area contributed by atoms with Crippen molar-refractivity contribution in [2.75, 3.05) is 13.2 Å². The third kappa shape index (κ3) is 4.24. The van der Waals surface area contributed by atoms with Gasteiger partial charge in [-0.3, -0.25) is 0 Å². The summed E-state index contributed by atoms with van der Waals surface area (Å²) >= 11 is 0. The molecule has 0 unspecified atom stereocenters. The van der Waals surface area contributed by atoms with Gasteiger partial charge >= 0.3 is 0 Å². The summed E-state index contributed by atoms with van der Waals surface area (Å²) in [5, 5.41) is 0. The topological polar surface area (TPSA) is 18.5 Å². The van der Waals surface area contributed by atoms with Gasteiger partial charge in [-0.1, -0.05) is 11.6 Å². The molecule has 0 spiro atoms. The molecule has 0 atom stereocenters. The van der Waals surface area contributed by atoms with E-state index in [1.807, 2.05) is 19.1 Å². The Labute approximate surface area is 92.3 Å². The molecule has 2 heteroatoms. The van der Waals surface area contributed by atoms with Gasteiger partial charge in [0.25, 0.3) is 0 Å². The predicted octanol–water partition coefficient (Wildman–Crippen LogP) is 3.57. The van der Waals surface area contributed by atoms with Crippen LogP contribution in [0.3, 0.4) is 0 Å². The van der Waals surface area contributed by atoms with Crippen LogP contribution in [0.25, 0.3) is 0 Å². The molecule has 2 nitrogen and oxygen atoms in total. The maximum Gasteiger partial charge on any atom is 0.160 e. The van der Waals surface area contributed by atoms with Crippen molar-refractivity contribution in [2.24, 2.45) is 0 Å². The zero-order valence-corrected chi connectivity index (χ0v) is 9.88. The highest BCUT2D eigenvalue weighted by Gasteiger charge is 2.10. The molecule has 0 radical (unpaired) electrons. The fraction of sp³-hybridized carbons (Fsp3) is 0.538. The second-order valence-electron chi connectivity index (χ2n) is 3.77. The summed E-state index contributed by atoms with van der Waals surface area (Å²) in [5.41, 5.74) is 1.25. The number of hydrogen-bond donors (Lipinski definition) is 0. The highest BCUT2D eigenvalue weighted by molar-refractivity contribution is 5.26. The summed E-state index contributed by atoms with van der Waals surface area (Å²) in [7, 11) is 0. The van der Waals surface area contributed by atoms with Crippen molar-refractivity contribution in [2.45, 2.75) is 33.6 Å². The Bertz CT molecular complexity index is 281. The molecule has 0 bridgehead atoms. The molecule has 0 aliphatic carbocycles. The van der Waals surface area contributed by atoms with Crippen molar-refractivity contribution >= 4 is 0 Å². The summed E-state index contributed by atoms with van der Waals surface area (Å²) in [4.78, 5) is 0. The largest absolute Gasteiger partial charge is 0.490 e. The molecule has 0 aromatic carbocycles. The fourth-order valence-electron chi connectivity index (χ4n) is 1.33. The van der Waals surface area contributed by atoms with Crippen LogP contribution in [0.1, 0.15) is 33.6 Å². The van der Waals surface area contributed by atoms with E-state index >= 15 is 0 Å². The Kier molecular flexibility index (Phi) is 5.02. The van der Waals surface area contributed by atoms with Crippen LogP contribution in [0, 0.1) is 0 Å². The van der Waals surface area contributed by atoms with Crippen molar-refractivity contribution < 1.29 is 9.47 Å². The second-order valence-corrected chi connectivity index (χ2v) is 3.77. The Balaban J connectivity index is 2.76. The van der Waals surface area contributed by atoms with Gasteiger partial charge in [0.15, 0.2) is 11.5 Å². The van der Waals surface area contributed by atoms with Crippen molar-refractivity contribution in [1.82, 2.24) is 0 Å². The Morgan fingerprint density at radius 3 is 2.80 bits per heavy atom. The second kappa shape index (κ2) is 6.33. The average Bonchev–Trinajstić information content (AvgIpc) is 2.25. The number of ether oxygens (including phenoxy) is 2. The molecule has 0 aromatic rings.